The van der Waals surface area contributed by atoms with Crippen molar-refractivity contribution in [1.29, 1.82) is 0 Å². The minimum absolute atomic E-state index is 0.162. The molecule has 0 unspecified atom stereocenters. The Kier molecular flexibility index (Phi) is 5.03. The third-order valence-electron chi connectivity index (χ3n) is 3.61. The maximum atomic E-state index is 13.1. The number of nitrogens with zero attached hydrogens (tertiary/aromatic N) is 4. The molecule has 1 heterocycles. The Balaban J connectivity index is 1.98. The van der Waals surface area contributed by atoms with Crippen LogP contribution in [0.15, 0.2) is 47.3 Å². The second-order valence-corrected chi connectivity index (χ2v) is 6.48. The summed E-state index contributed by atoms with van der Waals surface area (Å²) in [7, 11) is 1.45. The van der Waals surface area contributed by atoms with Crippen molar-refractivity contribution in [2.75, 3.05) is 0 Å². The van der Waals surface area contributed by atoms with E-state index < -0.39 is 17.4 Å². The number of aromatic nitrogens is 4. The smallest absolute Gasteiger partial charge is 0.419 e. The molecule has 136 valence electrons. The second-order valence-electron chi connectivity index (χ2n) is 5.32. The fraction of sp³-hybridized carbons (Fsp3) is 0.188. The van der Waals surface area contributed by atoms with Crippen LogP contribution in [0.4, 0.5) is 13.2 Å². The molecule has 0 bridgehead atoms. The Hall–Kier alpha value is -2.37. The van der Waals surface area contributed by atoms with Gasteiger partial charge in [-0.05, 0) is 57.3 Å². The molecule has 3 aromatic rings. The van der Waals surface area contributed by atoms with Gasteiger partial charge in [0.05, 0.1) is 11.3 Å². The van der Waals surface area contributed by atoms with E-state index in [-0.39, 0.29) is 12.4 Å². The summed E-state index contributed by atoms with van der Waals surface area (Å²) in [6.45, 7) is -0.162. The Morgan fingerprint density at radius 2 is 1.85 bits per heavy atom. The van der Waals surface area contributed by atoms with E-state index in [0.29, 0.717) is 11.3 Å². The van der Waals surface area contributed by atoms with Crippen LogP contribution in [0.3, 0.4) is 0 Å². The molecule has 0 atom stereocenters. The standard InChI is InChI=1S/C16H12F3IN4O2/c1-23-15(25)24(22-21-23)13-7-4-6-12(20)10(13)9-26-14-8-3-2-5-11(14)16(17,18)19/h2-8H,9H2,1H3. The van der Waals surface area contributed by atoms with Gasteiger partial charge in [-0.25, -0.2) is 4.79 Å². The molecule has 0 aliphatic heterocycles. The minimum Gasteiger partial charge on any atom is -0.488 e. The summed E-state index contributed by atoms with van der Waals surface area (Å²) >= 11 is 2.03. The van der Waals surface area contributed by atoms with Crippen molar-refractivity contribution >= 4 is 22.6 Å². The van der Waals surface area contributed by atoms with Crippen LogP contribution < -0.4 is 10.4 Å². The van der Waals surface area contributed by atoms with Gasteiger partial charge >= 0.3 is 11.9 Å². The van der Waals surface area contributed by atoms with Crippen molar-refractivity contribution in [3.05, 3.63) is 67.6 Å². The van der Waals surface area contributed by atoms with E-state index in [1.54, 1.807) is 18.2 Å². The van der Waals surface area contributed by atoms with Crippen LogP contribution in [0.1, 0.15) is 11.1 Å². The molecule has 2 aromatic carbocycles. The maximum absolute atomic E-state index is 13.1. The Labute approximate surface area is 159 Å². The van der Waals surface area contributed by atoms with Crippen molar-refractivity contribution in [2.45, 2.75) is 12.8 Å². The lowest BCUT2D eigenvalue weighted by Crippen LogP contribution is -2.23. The van der Waals surface area contributed by atoms with E-state index in [4.69, 9.17) is 4.74 Å². The maximum Gasteiger partial charge on any atom is 0.419 e. The summed E-state index contributed by atoms with van der Waals surface area (Å²) in [5.74, 6) is -0.280. The van der Waals surface area contributed by atoms with Crippen molar-refractivity contribution < 1.29 is 17.9 Å². The summed E-state index contributed by atoms with van der Waals surface area (Å²) < 4.78 is 47.6. The van der Waals surface area contributed by atoms with E-state index in [9.17, 15) is 18.0 Å². The van der Waals surface area contributed by atoms with Gasteiger partial charge in [0.15, 0.2) is 0 Å². The predicted molar refractivity (Wildman–Crippen MR) is 95.1 cm³/mol. The average Bonchev–Trinajstić information content (AvgIpc) is 2.92. The number of hydrogen-bond acceptors (Lipinski definition) is 4. The van der Waals surface area contributed by atoms with Crippen LogP contribution >= 0.6 is 22.6 Å². The third kappa shape index (κ3) is 3.59. The van der Waals surface area contributed by atoms with Crippen LogP contribution in [0.2, 0.25) is 0 Å². The van der Waals surface area contributed by atoms with Crippen molar-refractivity contribution in [2.24, 2.45) is 7.05 Å². The minimum atomic E-state index is -4.52. The molecule has 0 radical (unpaired) electrons. The molecule has 0 N–H and O–H groups in total. The van der Waals surface area contributed by atoms with Crippen molar-refractivity contribution in [3.8, 4) is 11.4 Å². The zero-order valence-electron chi connectivity index (χ0n) is 13.4. The number of halogens is 4. The first kappa shape index (κ1) is 18.4. The molecule has 0 fully saturated rings. The zero-order chi connectivity index (χ0) is 18.9. The topological polar surface area (TPSA) is 61.9 Å². The quantitative estimate of drug-likeness (QED) is 0.543. The molecule has 0 amide bonds. The van der Waals surface area contributed by atoms with Gasteiger partial charge < -0.3 is 4.74 Å². The predicted octanol–water partition coefficient (Wildman–Crippen LogP) is 3.17. The van der Waals surface area contributed by atoms with Crippen LogP contribution in [0.25, 0.3) is 5.69 Å². The number of ether oxygens (including phenoxy) is 1. The number of tetrazole rings is 1. The van der Waals surface area contributed by atoms with Gasteiger partial charge in [-0.1, -0.05) is 18.2 Å². The molecule has 10 heteroatoms. The van der Waals surface area contributed by atoms with Gasteiger partial charge in [0.1, 0.15) is 12.4 Å². The summed E-state index contributed by atoms with van der Waals surface area (Å²) in [6.07, 6.45) is -4.52. The van der Waals surface area contributed by atoms with E-state index in [0.717, 1.165) is 19.0 Å². The first-order valence-corrected chi connectivity index (χ1v) is 8.42. The fourth-order valence-electron chi connectivity index (χ4n) is 2.33. The van der Waals surface area contributed by atoms with Gasteiger partial charge in [0.2, 0.25) is 0 Å². The molecule has 6 nitrogen and oxygen atoms in total. The Morgan fingerprint density at radius 3 is 2.50 bits per heavy atom. The molecule has 0 aliphatic rings. The average molecular weight is 476 g/mol. The highest BCUT2D eigenvalue weighted by atomic mass is 127. The normalized spacial score (nSPS) is 11.6. The molecule has 0 saturated heterocycles. The number of hydrogen-bond donors (Lipinski definition) is 0. The third-order valence-corrected chi connectivity index (χ3v) is 4.62. The monoisotopic (exact) mass is 476 g/mol. The Morgan fingerprint density at radius 1 is 1.12 bits per heavy atom. The lowest BCUT2D eigenvalue weighted by Gasteiger charge is -2.15. The number of rotatable bonds is 4. The van der Waals surface area contributed by atoms with Gasteiger partial charge in [-0.2, -0.15) is 22.5 Å². The molecule has 0 aliphatic carbocycles. The zero-order valence-corrected chi connectivity index (χ0v) is 15.5. The fourth-order valence-corrected chi connectivity index (χ4v) is 2.97. The van der Waals surface area contributed by atoms with Gasteiger partial charge in [0.25, 0.3) is 0 Å². The van der Waals surface area contributed by atoms with E-state index in [2.05, 4.69) is 10.4 Å². The van der Waals surface area contributed by atoms with E-state index >= 15 is 0 Å². The summed E-state index contributed by atoms with van der Waals surface area (Å²) in [5.41, 5.74) is -0.389. The molecular formula is C16H12F3IN4O2. The first-order valence-electron chi connectivity index (χ1n) is 7.35. The molecule has 3 rings (SSSR count). The Bertz CT molecular complexity index is 998. The molecule has 0 saturated carbocycles. The van der Waals surface area contributed by atoms with Crippen LogP contribution in [0.5, 0.6) is 5.75 Å². The summed E-state index contributed by atoms with van der Waals surface area (Å²) in [6, 6.07) is 10.1. The largest absolute Gasteiger partial charge is 0.488 e. The number of alkyl halides is 3. The van der Waals surface area contributed by atoms with E-state index in [1.807, 2.05) is 22.6 Å². The first-order chi connectivity index (χ1) is 12.3. The number of para-hydroxylation sites is 1. The summed E-state index contributed by atoms with van der Waals surface area (Å²) in [4.78, 5) is 12.1. The lowest BCUT2D eigenvalue weighted by atomic mass is 10.1. The van der Waals surface area contributed by atoms with Crippen LogP contribution in [-0.2, 0) is 19.8 Å². The second kappa shape index (κ2) is 7.09. The van der Waals surface area contributed by atoms with Gasteiger partial charge in [0, 0.05) is 16.2 Å². The molecule has 0 spiro atoms. The molecule has 1 aromatic heterocycles. The highest BCUT2D eigenvalue weighted by Gasteiger charge is 2.34. The number of aryl methyl sites for hydroxylation is 1. The van der Waals surface area contributed by atoms with E-state index in [1.165, 1.54) is 25.2 Å². The highest BCUT2D eigenvalue weighted by molar-refractivity contribution is 14.1. The number of benzene rings is 2. The molecule has 26 heavy (non-hydrogen) atoms. The van der Waals surface area contributed by atoms with Gasteiger partial charge in [-0.3, -0.25) is 0 Å². The van der Waals surface area contributed by atoms with Crippen LogP contribution in [-0.4, -0.2) is 19.8 Å². The summed E-state index contributed by atoms with van der Waals surface area (Å²) in [5, 5.41) is 7.43. The van der Waals surface area contributed by atoms with Crippen molar-refractivity contribution in [1.82, 2.24) is 19.8 Å². The van der Waals surface area contributed by atoms with Crippen LogP contribution in [0, 0.1) is 3.57 Å². The lowest BCUT2D eigenvalue weighted by molar-refractivity contribution is -0.139. The van der Waals surface area contributed by atoms with Gasteiger partial charge in [-0.15, -0.1) is 0 Å². The SMILES string of the molecule is Cn1nnn(-c2cccc(I)c2COc2ccccc2C(F)(F)F)c1=O. The highest BCUT2D eigenvalue weighted by Crippen LogP contribution is 2.36. The molecular weight excluding hydrogens is 464 g/mol. The van der Waals surface area contributed by atoms with Crippen molar-refractivity contribution in [3.63, 3.8) is 0 Å².